The van der Waals surface area contributed by atoms with Gasteiger partial charge in [-0.15, -0.1) is 0 Å². The second kappa shape index (κ2) is 4.46. The van der Waals surface area contributed by atoms with Crippen molar-refractivity contribution in [2.75, 3.05) is 6.61 Å². The lowest BCUT2D eigenvalue weighted by atomic mass is 10.1. The highest BCUT2D eigenvalue weighted by Gasteiger charge is 2.34. The number of nitrogens with zero attached hydrogens (tertiary/aromatic N) is 4. The maximum atomic E-state index is 10.1. The first-order valence-corrected chi connectivity index (χ1v) is 6.20. The third-order valence-corrected chi connectivity index (χ3v) is 3.80. The van der Waals surface area contributed by atoms with Gasteiger partial charge in [0.25, 0.3) is 0 Å². The van der Waals surface area contributed by atoms with E-state index in [1.54, 1.807) is 6.33 Å². The van der Waals surface area contributed by atoms with Gasteiger partial charge in [0.2, 0.25) is 0 Å². The third kappa shape index (κ3) is 1.77. The highest BCUT2D eigenvalue weighted by atomic mass is 35.5. The van der Waals surface area contributed by atoms with Gasteiger partial charge >= 0.3 is 0 Å². The van der Waals surface area contributed by atoms with Crippen LogP contribution in [0.2, 0.25) is 5.15 Å². The molecule has 18 heavy (non-hydrogen) atoms. The molecule has 0 aliphatic heterocycles. The van der Waals surface area contributed by atoms with Crippen LogP contribution in [0.25, 0.3) is 11.2 Å². The Morgan fingerprint density at radius 3 is 2.89 bits per heavy atom. The number of aliphatic hydroxyl groups excluding tert-OH is 2. The van der Waals surface area contributed by atoms with E-state index in [4.69, 9.17) is 11.6 Å². The topological polar surface area (TPSA) is 84.1 Å². The summed E-state index contributed by atoms with van der Waals surface area (Å²) in [6.45, 7) is 0.0932. The van der Waals surface area contributed by atoms with Gasteiger partial charge < -0.3 is 14.8 Å². The zero-order valence-corrected chi connectivity index (χ0v) is 10.3. The number of hydrogen-bond donors (Lipinski definition) is 2. The fourth-order valence-corrected chi connectivity index (χ4v) is 2.78. The minimum atomic E-state index is -0.492. The second-order valence-electron chi connectivity index (χ2n) is 4.64. The van der Waals surface area contributed by atoms with Crippen LogP contribution in [0.15, 0.2) is 12.7 Å². The Balaban J connectivity index is 2.02. The maximum Gasteiger partial charge on any atom is 0.165 e. The Kier molecular flexibility index (Phi) is 2.93. The smallest absolute Gasteiger partial charge is 0.165 e. The fraction of sp³-hybridized carbons (Fsp3) is 0.545. The standard InChI is InChI=1S/C11H13ClN4O2/c12-10-9-11(14-4-13-10)16(5-15-9)7-1-6(3-17)2-8(7)18/h4-8,17-18H,1-3H2. The maximum absolute atomic E-state index is 10.1. The summed E-state index contributed by atoms with van der Waals surface area (Å²) in [5.41, 5.74) is 1.16. The van der Waals surface area contributed by atoms with Crippen LogP contribution in [-0.4, -0.2) is 42.4 Å². The summed E-state index contributed by atoms with van der Waals surface area (Å²) in [6.07, 6.45) is 3.82. The lowest BCUT2D eigenvalue weighted by molar-refractivity contribution is 0.132. The van der Waals surface area contributed by atoms with Gasteiger partial charge in [0.15, 0.2) is 10.8 Å². The molecule has 3 unspecified atom stereocenters. The first kappa shape index (κ1) is 11.8. The summed E-state index contributed by atoms with van der Waals surface area (Å²) in [4.78, 5) is 12.2. The molecule has 6 nitrogen and oxygen atoms in total. The van der Waals surface area contributed by atoms with E-state index in [1.165, 1.54) is 6.33 Å². The summed E-state index contributed by atoms with van der Waals surface area (Å²) < 4.78 is 1.82. The molecule has 0 amide bonds. The number of hydrogen-bond acceptors (Lipinski definition) is 5. The van der Waals surface area contributed by atoms with E-state index in [0.717, 1.165) is 0 Å². The van der Waals surface area contributed by atoms with Crippen LogP contribution >= 0.6 is 11.6 Å². The molecule has 0 radical (unpaired) electrons. The van der Waals surface area contributed by atoms with Gasteiger partial charge in [0.05, 0.1) is 18.5 Å². The highest BCUT2D eigenvalue weighted by molar-refractivity contribution is 6.33. The molecule has 0 saturated heterocycles. The van der Waals surface area contributed by atoms with Crippen molar-refractivity contribution in [3.05, 3.63) is 17.8 Å². The van der Waals surface area contributed by atoms with Gasteiger partial charge in [-0.05, 0) is 18.8 Å². The second-order valence-corrected chi connectivity index (χ2v) is 5.00. The lowest BCUT2D eigenvalue weighted by Crippen LogP contribution is -2.17. The predicted molar refractivity (Wildman–Crippen MR) is 65.2 cm³/mol. The Labute approximate surface area is 108 Å². The van der Waals surface area contributed by atoms with E-state index in [0.29, 0.717) is 29.2 Å². The van der Waals surface area contributed by atoms with Crippen LogP contribution in [-0.2, 0) is 0 Å². The normalized spacial score (nSPS) is 28.1. The molecule has 2 aromatic heterocycles. The number of halogens is 1. The van der Waals surface area contributed by atoms with Crippen LogP contribution in [0.4, 0.5) is 0 Å². The van der Waals surface area contributed by atoms with E-state index < -0.39 is 6.10 Å². The average molecular weight is 269 g/mol. The molecular weight excluding hydrogens is 256 g/mol. The van der Waals surface area contributed by atoms with E-state index in [2.05, 4.69) is 15.0 Å². The first-order chi connectivity index (χ1) is 8.70. The van der Waals surface area contributed by atoms with Crippen molar-refractivity contribution in [2.45, 2.75) is 25.0 Å². The highest BCUT2D eigenvalue weighted by Crippen LogP contribution is 2.36. The van der Waals surface area contributed by atoms with Crippen molar-refractivity contribution >= 4 is 22.8 Å². The molecule has 3 rings (SSSR count). The van der Waals surface area contributed by atoms with Crippen molar-refractivity contribution < 1.29 is 10.2 Å². The van der Waals surface area contributed by atoms with Gasteiger partial charge in [-0.1, -0.05) is 11.6 Å². The quantitative estimate of drug-likeness (QED) is 0.787. The summed E-state index contributed by atoms with van der Waals surface area (Å²) in [5.74, 6) is 0.125. The number of aromatic nitrogens is 4. The molecule has 1 aliphatic carbocycles. The molecular formula is C11H13ClN4O2. The van der Waals surface area contributed by atoms with Crippen LogP contribution in [0.3, 0.4) is 0 Å². The zero-order chi connectivity index (χ0) is 12.7. The Morgan fingerprint density at radius 1 is 1.33 bits per heavy atom. The van der Waals surface area contributed by atoms with E-state index >= 15 is 0 Å². The van der Waals surface area contributed by atoms with Crippen LogP contribution < -0.4 is 0 Å². The van der Waals surface area contributed by atoms with E-state index in [1.807, 2.05) is 4.57 Å². The molecule has 96 valence electrons. The summed E-state index contributed by atoms with van der Waals surface area (Å²) in [7, 11) is 0. The molecule has 0 bridgehead atoms. The van der Waals surface area contributed by atoms with Crippen LogP contribution in [0.1, 0.15) is 18.9 Å². The van der Waals surface area contributed by atoms with Gasteiger partial charge in [-0.2, -0.15) is 0 Å². The van der Waals surface area contributed by atoms with Crippen LogP contribution in [0, 0.1) is 5.92 Å². The SMILES string of the molecule is OCC1CC(O)C(n2cnc3c(Cl)ncnc32)C1. The van der Waals surface area contributed by atoms with Crippen molar-refractivity contribution in [3.8, 4) is 0 Å². The molecule has 2 aromatic rings. The average Bonchev–Trinajstić information content (AvgIpc) is 2.93. The van der Waals surface area contributed by atoms with Crippen molar-refractivity contribution in [1.82, 2.24) is 19.5 Å². The lowest BCUT2D eigenvalue weighted by Gasteiger charge is -2.16. The van der Waals surface area contributed by atoms with Gasteiger partial charge in [0.1, 0.15) is 11.8 Å². The largest absolute Gasteiger partial charge is 0.396 e. The zero-order valence-electron chi connectivity index (χ0n) is 9.57. The molecule has 2 heterocycles. The van der Waals surface area contributed by atoms with Gasteiger partial charge in [-0.25, -0.2) is 15.0 Å². The third-order valence-electron chi connectivity index (χ3n) is 3.52. The monoisotopic (exact) mass is 268 g/mol. The number of rotatable bonds is 2. The summed E-state index contributed by atoms with van der Waals surface area (Å²) in [6, 6.07) is -0.113. The van der Waals surface area contributed by atoms with Crippen LogP contribution in [0.5, 0.6) is 0 Å². The van der Waals surface area contributed by atoms with Gasteiger partial charge in [-0.3, -0.25) is 0 Å². The minimum absolute atomic E-state index is 0.0932. The molecule has 7 heteroatoms. The first-order valence-electron chi connectivity index (χ1n) is 5.82. The van der Waals surface area contributed by atoms with E-state index in [-0.39, 0.29) is 18.6 Å². The minimum Gasteiger partial charge on any atom is -0.396 e. The van der Waals surface area contributed by atoms with E-state index in [9.17, 15) is 10.2 Å². The molecule has 0 spiro atoms. The van der Waals surface area contributed by atoms with Gasteiger partial charge in [0, 0.05) is 6.61 Å². The molecule has 1 aliphatic rings. The Morgan fingerprint density at radius 2 is 2.17 bits per heavy atom. The fourth-order valence-electron chi connectivity index (χ4n) is 2.61. The number of aliphatic hydroxyl groups is 2. The molecule has 3 atom stereocenters. The predicted octanol–water partition coefficient (Wildman–Crippen LogP) is 0.784. The molecule has 2 N–H and O–H groups in total. The number of fused-ring (bicyclic) bond motifs is 1. The number of imidazole rings is 1. The molecule has 1 saturated carbocycles. The van der Waals surface area contributed by atoms with Crippen molar-refractivity contribution in [3.63, 3.8) is 0 Å². The Bertz CT molecular complexity index is 573. The Hall–Kier alpha value is -1.24. The molecule has 0 aromatic carbocycles. The summed E-state index contributed by atoms with van der Waals surface area (Å²) in [5, 5.41) is 19.5. The van der Waals surface area contributed by atoms with Crippen molar-refractivity contribution in [1.29, 1.82) is 0 Å². The summed E-state index contributed by atoms with van der Waals surface area (Å²) >= 11 is 5.94. The van der Waals surface area contributed by atoms with Crippen molar-refractivity contribution in [2.24, 2.45) is 5.92 Å². The molecule has 1 fully saturated rings.